The number of hydrogen-bond acceptors (Lipinski definition) is 2. The van der Waals surface area contributed by atoms with Crippen molar-refractivity contribution in [2.75, 3.05) is 0 Å². The van der Waals surface area contributed by atoms with Crippen LogP contribution in [0.15, 0.2) is 12.5 Å². The number of aromatic nitrogens is 2. The number of hydrogen-bond donors (Lipinski definition) is 0. The smallest absolute Gasteiger partial charge is 0.115 e. The molecule has 0 aromatic carbocycles. The van der Waals surface area contributed by atoms with E-state index >= 15 is 0 Å². The third-order valence-corrected chi connectivity index (χ3v) is 2.73. The second-order valence-electron chi connectivity index (χ2n) is 3.42. The van der Waals surface area contributed by atoms with Crippen LogP contribution in [0.2, 0.25) is 0 Å². The molecule has 0 saturated carbocycles. The molecule has 0 N–H and O–H groups in total. The Kier molecular flexibility index (Phi) is 2.07. The van der Waals surface area contributed by atoms with Crippen molar-refractivity contribution >= 4 is 0 Å². The van der Waals surface area contributed by atoms with Gasteiger partial charge in [-0.15, -0.1) is 0 Å². The number of nitrogens with zero attached hydrogens (tertiary/aromatic N) is 2. The molecule has 1 unspecified atom stereocenters. The minimum atomic E-state index is 0.718. The molecule has 12 heavy (non-hydrogen) atoms. The summed E-state index contributed by atoms with van der Waals surface area (Å²) in [6.07, 6.45) is 8.64. The van der Waals surface area contributed by atoms with Gasteiger partial charge < -0.3 is 0 Å². The molecule has 64 valence electrons. The van der Waals surface area contributed by atoms with Crippen molar-refractivity contribution in [3.63, 3.8) is 0 Å². The van der Waals surface area contributed by atoms with Gasteiger partial charge in [0.05, 0.1) is 0 Å². The Hall–Kier alpha value is -0.920. The maximum atomic E-state index is 4.31. The Morgan fingerprint density at radius 2 is 2.50 bits per heavy atom. The Labute approximate surface area is 73.1 Å². The zero-order chi connectivity index (χ0) is 8.39. The summed E-state index contributed by atoms with van der Waals surface area (Å²) in [5.74, 6) is 0.718. The number of fused-ring (bicyclic) bond motifs is 1. The molecule has 0 fully saturated rings. The summed E-state index contributed by atoms with van der Waals surface area (Å²) in [4.78, 5) is 8.39. The predicted molar refractivity (Wildman–Crippen MR) is 48.0 cm³/mol. The minimum absolute atomic E-state index is 0.718. The molecular formula is C10H14N2. The van der Waals surface area contributed by atoms with E-state index in [1.807, 2.05) is 6.20 Å². The minimum Gasteiger partial charge on any atom is -0.245 e. The fraction of sp³-hybridized carbons (Fsp3) is 0.600. The monoisotopic (exact) mass is 162 g/mol. The molecule has 0 spiro atoms. The summed E-state index contributed by atoms with van der Waals surface area (Å²) < 4.78 is 0. The molecule has 1 heterocycles. The second kappa shape index (κ2) is 3.21. The van der Waals surface area contributed by atoms with Gasteiger partial charge in [0, 0.05) is 11.9 Å². The maximum absolute atomic E-state index is 4.31. The molecule has 0 radical (unpaired) electrons. The zero-order valence-corrected chi connectivity index (χ0v) is 7.45. The molecule has 2 heteroatoms. The predicted octanol–water partition coefficient (Wildman–Crippen LogP) is 2.31. The van der Waals surface area contributed by atoms with Crippen LogP contribution in [-0.2, 0) is 6.42 Å². The third-order valence-electron chi connectivity index (χ3n) is 2.73. The summed E-state index contributed by atoms with van der Waals surface area (Å²) in [6, 6.07) is 0. The summed E-state index contributed by atoms with van der Waals surface area (Å²) in [5, 5.41) is 0. The van der Waals surface area contributed by atoms with Crippen LogP contribution in [0.4, 0.5) is 0 Å². The fourth-order valence-electron chi connectivity index (χ4n) is 2.01. The first-order chi connectivity index (χ1) is 5.92. The summed E-state index contributed by atoms with van der Waals surface area (Å²) in [5.41, 5.74) is 2.68. The Bertz CT molecular complexity index is 270. The Morgan fingerprint density at radius 1 is 1.58 bits per heavy atom. The van der Waals surface area contributed by atoms with E-state index in [2.05, 4.69) is 16.9 Å². The lowest BCUT2D eigenvalue weighted by Crippen LogP contribution is -2.11. The first-order valence-corrected chi connectivity index (χ1v) is 4.70. The van der Waals surface area contributed by atoms with Crippen LogP contribution < -0.4 is 0 Å². The van der Waals surface area contributed by atoms with Crippen LogP contribution >= 0.6 is 0 Å². The molecule has 0 saturated heterocycles. The van der Waals surface area contributed by atoms with E-state index < -0.39 is 0 Å². The normalized spacial score (nSPS) is 21.9. The van der Waals surface area contributed by atoms with Crippen molar-refractivity contribution in [3.05, 3.63) is 23.8 Å². The largest absolute Gasteiger partial charge is 0.245 e. The van der Waals surface area contributed by atoms with E-state index in [0.717, 1.165) is 12.3 Å². The van der Waals surface area contributed by atoms with E-state index in [9.17, 15) is 0 Å². The molecule has 1 atom stereocenters. The van der Waals surface area contributed by atoms with Gasteiger partial charge in [0.1, 0.15) is 6.33 Å². The molecule has 1 aliphatic rings. The van der Waals surface area contributed by atoms with Crippen LogP contribution in [0.1, 0.15) is 43.4 Å². The molecule has 2 nitrogen and oxygen atoms in total. The first-order valence-electron chi connectivity index (χ1n) is 4.70. The molecule has 0 aliphatic heterocycles. The van der Waals surface area contributed by atoms with Crippen LogP contribution in [0.5, 0.6) is 0 Å². The summed E-state index contributed by atoms with van der Waals surface area (Å²) in [6.45, 7) is 2.24. The maximum Gasteiger partial charge on any atom is 0.115 e. The highest BCUT2D eigenvalue weighted by Gasteiger charge is 2.18. The van der Waals surface area contributed by atoms with Gasteiger partial charge in [-0.1, -0.05) is 6.92 Å². The van der Waals surface area contributed by atoms with Gasteiger partial charge in [-0.3, -0.25) is 0 Å². The lowest BCUT2D eigenvalue weighted by atomic mass is 9.85. The van der Waals surface area contributed by atoms with Crippen LogP contribution in [0.3, 0.4) is 0 Å². The van der Waals surface area contributed by atoms with Gasteiger partial charge in [-0.2, -0.15) is 0 Å². The van der Waals surface area contributed by atoms with Crippen molar-refractivity contribution in [2.24, 2.45) is 0 Å². The lowest BCUT2D eigenvalue weighted by Gasteiger charge is -2.22. The van der Waals surface area contributed by atoms with E-state index in [4.69, 9.17) is 0 Å². The van der Waals surface area contributed by atoms with Gasteiger partial charge in [0.25, 0.3) is 0 Å². The van der Waals surface area contributed by atoms with Gasteiger partial charge in [-0.05, 0) is 37.2 Å². The van der Waals surface area contributed by atoms with E-state index in [1.165, 1.54) is 30.5 Å². The van der Waals surface area contributed by atoms with Gasteiger partial charge >= 0.3 is 0 Å². The molecular weight excluding hydrogens is 148 g/mol. The van der Waals surface area contributed by atoms with Crippen molar-refractivity contribution in [1.29, 1.82) is 0 Å². The molecule has 0 amide bonds. The SMILES string of the molecule is CCC1CCCc2ncncc21. The fourth-order valence-corrected chi connectivity index (χ4v) is 2.01. The highest BCUT2D eigenvalue weighted by atomic mass is 14.8. The number of aryl methyl sites for hydroxylation is 1. The first kappa shape index (κ1) is 7.71. The number of rotatable bonds is 1. The molecule has 1 aromatic heterocycles. The third kappa shape index (κ3) is 1.22. The van der Waals surface area contributed by atoms with Crippen LogP contribution in [0, 0.1) is 0 Å². The van der Waals surface area contributed by atoms with Crippen LogP contribution in [-0.4, -0.2) is 9.97 Å². The van der Waals surface area contributed by atoms with Crippen molar-refractivity contribution < 1.29 is 0 Å². The molecule has 2 rings (SSSR count). The van der Waals surface area contributed by atoms with Crippen molar-refractivity contribution in [3.8, 4) is 0 Å². The average Bonchev–Trinajstić information content (AvgIpc) is 2.17. The highest BCUT2D eigenvalue weighted by molar-refractivity contribution is 5.23. The van der Waals surface area contributed by atoms with Crippen LogP contribution in [0.25, 0.3) is 0 Å². The summed E-state index contributed by atoms with van der Waals surface area (Å²) in [7, 11) is 0. The quantitative estimate of drug-likeness (QED) is 0.633. The average molecular weight is 162 g/mol. The van der Waals surface area contributed by atoms with Crippen molar-refractivity contribution in [2.45, 2.75) is 38.5 Å². The Balaban J connectivity index is 2.37. The van der Waals surface area contributed by atoms with E-state index in [1.54, 1.807) is 6.33 Å². The van der Waals surface area contributed by atoms with E-state index in [-0.39, 0.29) is 0 Å². The topological polar surface area (TPSA) is 25.8 Å². The molecule has 1 aromatic rings. The molecule has 1 aliphatic carbocycles. The Morgan fingerprint density at radius 3 is 3.33 bits per heavy atom. The van der Waals surface area contributed by atoms with Gasteiger partial charge in [0.15, 0.2) is 0 Å². The van der Waals surface area contributed by atoms with Crippen molar-refractivity contribution in [1.82, 2.24) is 9.97 Å². The molecule has 0 bridgehead atoms. The van der Waals surface area contributed by atoms with Gasteiger partial charge in [-0.25, -0.2) is 9.97 Å². The lowest BCUT2D eigenvalue weighted by molar-refractivity contribution is 0.528. The summed E-state index contributed by atoms with van der Waals surface area (Å²) >= 11 is 0. The standard InChI is InChI=1S/C10H14N2/c1-2-8-4-3-5-10-9(8)6-11-7-12-10/h6-8H,2-5H2,1H3. The zero-order valence-electron chi connectivity index (χ0n) is 7.45. The van der Waals surface area contributed by atoms with E-state index in [0.29, 0.717) is 0 Å². The highest BCUT2D eigenvalue weighted by Crippen LogP contribution is 2.31. The second-order valence-corrected chi connectivity index (χ2v) is 3.42. The van der Waals surface area contributed by atoms with Gasteiger partial charge in [0.2, 0.25) is 0 Å².